The number of nitrogens with zero attached hydrogens (tertiary/aromatic N) is 3. The summed E-state index contributed by atoms with van der Waals surface area (Å²) < 4.78 is 3.10. The molecular weight excluding hydrogens is 410 g/mol. The fourth-order valence-electron chi connectivity index (χ4n) is 4.25. The van der Waals surface area contributed by atoms with Crippen molar-refractivity contribution in [2.75, 3.05) is 11.4 Å². The molecular formula is C24H21N3O3S. The van der Waals surface area contributed by atoms with E-state index in [0.29, 0.717) is 22.4 Å². The van der Waals surface area contributed by atoms with Gasteiger partial charge < -0.3 is 4.90 Å². The zero-order chi connectivity index (χ0) is 21.7. The van der Waals surface area contributed by atoms with Crippen LogP contribution in [0.1, 0.15) is 16.7 Å². The zero-order valence-electron chi connectivity index (χ0n) is 17.3. The van der Waals surface area contributed by atoms with Crippen LogP contribution < -0.4 is 16.1 Å². The Bertz CT molecular complexity index is 1460. The second kappa shape index (κ2) is 7.35. The molecule has 0 saturated heterocycles. The molecule has 0 unspecified atom stereocenters. The first-order valence-corrected chi connectivity index (χ1v) is 11.0. The van der Waals surface area contributed by atoms with Crippen LogP contribution in [0.5, 0.6) is 0 Å². The molecule has 5 rings (SSSR count). The van der Waals surface area contributed by atoms with Gasteiger partial charge in [0.15, 0.2) is 0 Å². The Labute approximate surface area is 182 Å². The molecule has 3 heterocycles. The van der Waals surface area contributed by atoms with Gasteiger partial charge in [-0.2, -0.15) is 0 Å². The quantitative estimate of drug-likeness (QED) is 0.499. The molecule has 2 aromatic heterocycles. The number of thiophene rings is 1. The van der Waals surface area contributed by atoms with Gasteiger partial charge in [0, 0.05) is 12.2 Å². The van der Waals surface area contributed by atoms with E-state index in [2.05, 4.69) is 0 Å². The highest BCUT2D eigenvalue weighted by Gasteiger charge is 2.26. The molecule has 0 N–H and O–H groups in total. The van der Waals surface area contributed by atoms with Crippen LogP contribution in [0.15, 0.2) is 63.5 Å². The molecule has 0 spiro atoms. The van der Waals surface area contributed by atoms with E-state index in [-0.39, 0.29) is 18.0 Å². The summed E-state index contributed by atoms with van der Waals surface area (Å²) in [6.45, 7) is 4.31. The van der Waals surface area contributed by atoms with Gasteiger partial charge in [0.2, 0.25) is 5.91 Å². The Morgan fingerprint density at radius 3 is 2.61 bits per heavy atom. The van der Waals surface area contributed by atoms with Crippen molar-refractivity contribution in [3.05, 3.63) is 91.4 Å². The molecule has 6 nitrogen and oxygen atoms in total. The topological polar surface area (TPSA) is 64.3 Å². The number of carbonyl (C=O) groups excluding carboxylic acids is 1. The van der Waals surface area contributed by atoms with E-state index in [9.17, 15) is 14.4 Å². The molecule has 0 fully saturated rings. The Hall–Kier alpha value is -3.45. The summed E-state index contributed by atoms with van der Waals surface area (Å²) >= 11 is 1.29. The molecule has 0 aliphatic carbocycles. The molecule has 1 aliphatic heterocycles. The second-order valence-electron chi connectivity index (χ2n) is 7.79. The summed E-state index contributed by atoms with van der Waals surface area (Å²) in [6.07, 6.45) is 0.798. The molecule has 0 radical (unpaired) electrons. The molecule has 0 saturated carbocycles. The van der Waals surface area contributed by atoms with Crippen molar-refractivity contribution in [3.63, 3.8) is 0 Å². The van der Waals surface area contributed by atoms with Gasteiger partial charge in [-0.3, -0.25) is 14.2 Å². The van der Waals surface area contributed by atoms with Crippen molar-refractivity contribution in [2.45, 2.75) is 26.8 Å². The van der Waals surface area contributed by atoms with Crippen LogP contribution in [0.3, 0.4) is 0 Å². The number of aryl methyl sites for hydroxylation is 1. The van der Waals surface area contributed by atoms with Crippen molar-refractivity contribution in [1.82, 2.24) is 9.13 Å². The third-order valence-corrected chi connectivity index (χ3v) is 6.94. The number of amides is 1. The number of benzene rings is 2. The molecule has 4 aromatic rings. The summed E-state index contributed by atoms with van der Waals surface area (Å²) in [4.78, 5) is 41.7. The predicted octanol–water partition coefficient (Wildman–Crippen LogP) is 3.42. The number of aromatic nitrogens is 2. The largest absolute Gasteiger partial charge is 0.336 e. The van der Waals surface area contributed by atoms with E-state index < -0.39 is 5.69 Å². The lowest BCUT2D eigenvalue weighted by Gasteiger charge is -2.19. The Kier molecular flexibility index (Phi) is 4.63. The van der Waals surface area contributed by atoms with E-state index >= 15 is 0 Å². The van der Waals surface area contributed by atoms with Gasteiger partial charge >= 0.3 is 5.69 Å². The first-order chi connectivity index (χ1) is 15.0. The maximum absolute atomic E-state index is 13.5. The molecule has 31 heavy (non-hydrogen) atoms. The maximum atomic E-state index is 13.5. The normalized spacial score (nSPS) is 13.0. The van der Waals surface area contributed by atoms with Gasteiger partial charge in [0.05, 0.1) is 11.2 Å². The van der Waals surface area contributed by atoms with Crippen LogP contribution >= 0.6 is 11.3 Å². The average Bonchev–Trinajstić information content (AvgIpc) is 3.41. The minimum absolute atomic E-state index is 0.119. The number of para-hydroxylation sites is 1. The number of hydrogen-bond acceptors (Lipinski definition) is 4. The third-order valence-electron chi connectivity index (χ3n) is 6.05. The van der Waals surface area contributed by atoms with Gasteiger partial charge in [-0.05, 0) is 60.5 Å². The smallest absolute Gasteiger partial charge is 0.310 e. The van der Waals surface area contributed by atoms with Crippen molar-refractivity contribution in [2.24, 2.45) is 0 Å². The van der Waals surface area contributed by atoms with Gasteiger partial charge in [-0.15, -0.1) is 11.3 Å². The molecule has 1 aliphatic rings. The monoisotopic (exact) mass is 431 g/mol. The highest BCUT2D eigenvalue weighted by atomic mass is 32.1. The molecule has 7 heteroatoms. The number of carbonyl (C=O) groups is 1. The number of rotatable bonds is 3. The second-order valence-corrected chi connectivity index (χ2v) is 8.70. The van der Waals surface area contributed by atoms with Crippen molar-refractivity contribution in [1.29, 1.82) is 0 Å². The Morgan fingerprint density at radius 2 is 1.77 bits per heavy atom. The fourth-order valence-corrected chi connectivity index (χ4v) is 5.07. The van der Waals surface area contributed by atoms with Crippen LogP contribution in [0.25, 0.3) is 15.9 Å². The average molecular weight is 432 g/mol. The fraction of sp³-hybridized carbons (Fsp3) is 0.208. The molecule has 0 atom stereocenters. The van der Waals surface area contributed by atoms with Crippen LogP contribution in [-0.2, 0) is 17.8 Å². The molecule has 0 bridgehead atoms. The lowest BCUT2D eigenvalue weighted by atomic mass is 10.1. The summed E-state index contributed by atoms with van der Waals surface area (Å²) in [6, 6.07) is 15.1. The SMILES string of the molecule is Cc1cccc(-n2c(=O)c3sccc3n(CC(=O)N3CCc4ccccc43)c2=O)c1C. The van der Waals surface area contributed by atoms with Gasteiger partial charge in [0.25, 0.3) is 5.56 Å². The van der Waals surface area contributed by atoms with E-state index in [1.165, 1.54) is 20.5 Å². The van der Waals surface area contributed by atoms with Gasteiger partial charge in [-0.25, -0.2) is 9.36 Å². The van der Waals surface area contributed by atoms with Gasteiger partial charge in [-0.1, -0.05) is 30.3 Å². The predicted molar refractivity (Wildman–Crippen MR) is 124 cm³/mol. The van der Waals surface area contributed by atoms with Crippen LogP contribution in [-0.4, -0.2) is 21.6 Å². The first kappa shape index (κ1) is 19.5. The summed E-state index contributed by atoms with van der Waals surface area (Å²) in [5.74, 6) is -0.161. The van der Waals surface area contributed by atoms with Crippen LogP contribution in [0.4, 0.5) is 5.69 Å². The Balaban J connectivity index is 1.66. The number of fused-ring (bicyclic) bond motifs is 2. The minimum atomic E-state index is -0.495. The molecule has 156 valence electrons. The first-order valence-electron chi connectivity index (χ1n) is 10.2. The van der Waals surface area contributed by atoms with E-state index in [1.54, 1.807) is 22.4 Å². The third kappa shape index (κ3) is 3.04. The minimum Gasteiger partial charge on any atom is -0.310 e. The summed E-state index contributed by atoms with van der Waals surface area (Å²) in [5.41, 5.74) is 4.09. The lowest BCUT2D eigenvalue weighted by molar-refractivity contribution is -0.119. The van der Waals surface area contributed by atoms with Crippen molar-refractivity contribution in [3.8, 4) is 5.69 Å². The highest BCUT2D eigenvalue weighted by molar-refractivity contribution is 7.17. The van der Waals surface area contributed by atoms with E-state index in [4.69, 9.17) is 0 Å². The lowest BCUT2D eigenvalue weighted by Crippen LogP contribution is -2.42. The van der Waals surface area contributed by atoms with E-state index in [1.807, 2.05) is 50.2 Å². The standard InChI is InChI=1S/C24H21N3O3S/c1-15-6-5-9-18(16(15)2)27-23(29)22-20(11-13-31-22)26(24(27)30)14-21(28)25-12-10-17-7-3-4-8-19(17)25/h3-9,11,13H,10,12,14H2,1-2H3. The zero-order valence-corrected chi connectivity index (χ0v) is 18.1. The van der Waals surface area contributed by atoms with E-state index in [0.717, 1.165) is 28.8 Å². The van der Waals surface area contributed by atoms with Crippen LogP contribution in [0, 0.1) is 13.8 Å². The highest BCUT2D eigenvalue weighted by Crippen LogP contribution is 2.28. The Morgan fingerprint density at radius 1 is 1.00 bits per heavy atom. The summed E-state index contributed by atoms with van der Waals surface area (Å²) in [7, 11) is 0. The number of anilines is 1. The molecule has 2 aromatic carbocycles. The molecule has 1 amide bonds. The van der Waals surface area contributed by atoms with Crippen molar-refractivity contribution < 1.29 is 4.79 Å². The van der Waals surface area contributed by atoms with Crippen molar-refractivity contribution >= 4 is 33.1 Å². The number of hydrogen-bond donors (Lipinski definition) is 0. The van der Waals surface area contributed by atoms with Crippen LogP contribution in [0.2, 0.25) is 0 Å². The maximum Gasteiger partial charge on any atom is 0.336 e. The summed E-state index contributed by atoms with van der Waals surface area (Å²) in [5, 5.41) is 1.78. The van der Waals surface area contributed by atoms with Gasteiger partial charge in [0.1, 0.15) is 11.2 Å².